The molecule has 0 aliphatic carbocycles. The quantitative estimate of drug-likeness (QED) is 0.793. The molecular weight excluding hydrogens is 302 g/mol. The Balaban J connectivity index is 1.90. The monoisotopic (exact) mass is 321 g/mol. The number of thiophene rings is 1. The Labute approximate surface area is 132 Å². The molecule has 22 heavy (non-hydrogen) atoms. The number of nitrogens with one attached hydrogen (secondary N) is 1. The maximum Gasteiger partial charge on any atom is 0.249 e. The highest BCUT2D eigenvalue weighted by atomic mass is 32.1. The van der Waals surface area contributed by atoms with Gasteiger partial charge < -0.3 is 9.84 Å². The van der Waals surface area contributed by atoms with Crippen LogP contribution in [0.25, 0.3) is 0 Å². The SMILES string of the molecule is Cc1noc([C@@H](NC(=O)CCC(=O)c2cccs2)C(C)C)n1. The molecule has 0 unspecified atom stereocenters. The van der Waals surface area contributed by atoms with Gasteiger partial charge in [-0.1, -0.05) is 25.1 Å². The van der Waals surface area contributed by atoms with E-state index in [0.29, 0.717) is 16.6 Å². The summed E-state index contributed by atoms with van der Waals surface area (Å²) in [5.74, 6) is 0.823. The number of ketones is 1. The third-order valence-corrected chi connectivity index (χ3v) is 4.08. The van der Waals surface area contributed by atoms with E-state index in [1.807, 2.05) is 25.3 Å². The average Bonchev–Trinajstić information content (AvgIpc) is 3.13. The maximum atomic E-state index is 12.1. The summed E-state index contributed by atoms with van der Waals surface area (Å²) < 4.78 is 5.13. The van der Waals surface area contributed by atoms with Gasteiger partial charge in [-0.15, -0.1) is 11.3 Å². The van der Waals surface area contributed by atoms with Gasteiger partial charge in [0.25, 0.3) is 0 Å². The molecule has 118 valence electrons. The van der Waals surface area contributed by atoms with Crippen LogP contribution in [0.4, 0.5) is 0 Å². The average molecular weight is 321 g/mol. The van der Waals surface area contributed by atoms with Gasteiger partial charge in [-0.05, 0) is 24.3 Å². The molecule has 0 aliphatic rings. The fourth-order valence-corrected chi connectivity index (χ4v) is 2.68. The lowest BCUT2D eigenvalue weighted by atomic mass is 10.0. The fourth-order valence-electron chi connectivity index (χ4n) is 1.99. The number of aryl methyl sites for hydroxylation is 1. The first kappa shape index (κ1) is 16.4. The molecule has 1 amide bonds. The molecule has 0 spiro atoms. The van der Waals surface area contributed by atoms with Crippen LogP contribution in [0, 0.1) is 12.8 Å². The van der Waals surface area contributed by atoms with Crippen LogP contribution in [-0.4, -0.2) is 21.8 Å². The van der Waals surface area contributed by atoms with E-state index < -0.39 is 0 Å². The molecule has 2 aromatic heterocycles. The smallest absolute Gasteiger partial charge is 0.249 e. The van der Waals surface area contributed by atoms with Crippen molar-refractivity contribution in [2.24, 2.45) is 5.92 Å². The molecule has 0 radical (unpaired) electrons. The number of carbonyl (C=O) groups is 2. The van der Waals surface area contributed by atoms with Crippen molar-refractivity contribution < 1.29 is 14.1 Å². The molecule has 6 nitrogen and oxygen atoms in total. The molecule has 0 aliphatic heterocycles. The first-order chi connectivity index (χ1) is 10.5. The molecule has 0 aromatic carbocycles. The molecule has 0 saturated carbocycles. The fraction of sp³-hybridized carbons (Fsp3) is 0.467. The molecule has 2 aromatic rings. The van der Waals surface area contributed by atoms with Gasteiger partial charge in [0.05, 0.1) is 4.88 Å². The summed E-state index contributed by atoms with van der Waals surface area (Å²) in [6, 6.07) is 3.25. The van der Waals surface area contributed by atoms with Crippen LogP contribution in [0.5, 0.6) is 0 Å². The van der Waals surface area contributed by atoms with Crippen molar-refractivity contribution in [1.29, 1.82) is 0 Å². The molecule has 0 saturated heterocycles. The van der Waals surface area contributed by atoms with E-state index in [1.165, 1.54) is 11.3 Å². The minimum absolute atomic E-state index is 0.0140. The lowest BCUT2D eigenvalue weighted by molar-refractivity contribution is -0.122. The zero-order valence-electron chi connectivity index (χ0n) is 12.8. The Morgan fingerprint density at radius 3 is 2.68 bits per heavy atom. The molecule has 1 atom stereocenters. The number of amides is 1. The minimum Gasteiger partial charge on any atom is -0.344 e. The number of carbonyl (C=O) groups excluding carboxylic acids is 2. The predicted molar refractivity (Wildman–Crippen MR) is 82.6 cm³/mol. The van der Waals surface area contributed by atoms with Gasteiger partial charge >= 0.3 is 0 Å². The summed E-state index contributed by atoms with van der Waals surface area (Å²) in [4.78, 5) is 28.8. The number of nitrogens with zero attached hydrogens (tertiary/aromatic N) is 2. The highest BCUT2D eigenvalue weighted by Crippen LogP contribution is 2.20. The predicted octanol–water partition coefficient (Wildman–Crippen LogP) is 2.92. The molecule has 0 bridgehead atoms. The topological polar surface area (TPSA) is 85.1 Å². The lowest BCUT2D eigenvalue weighted by Gasteiger charge is -2.18. The van der Waals surface area contributed by atoms with Gasteiger partial charge in [0, 0.05) is 12.8 Å². The second-order valence-electron chi connectivity index (χ2n) is 5.37. The maximum absolute atomic E-state index is 12.1. The Hall–Kier alpha value is -2.02. The van der Waals surface area contributed by atoms with E-state index in [-0.39, 0.29) is 36.5 Å². The van der Waals surface area contributed by atoms with Crippen LogP contribution in [0.1, 0.15) is 54.1 Å². The summed E-state index contributed by atoms with van der Waals surface area (Å²) in [6.07, 6.45) is 0.340. The highest BCUT2D eigenvalue weighted by Gasteiger charge is 2.24. The van der Waals surface area contributed by atoms with E-state index >= 15 is 0 Å². The minimum atomic E-state index is -0.342. The second-order valence-corrected chi connectivity index (χ2v) is 6.32. The first-order valence-corrected chi connectivity index (χ1v) is 8.01. The first-order valence-electron chi connectivity index (χ1n) is 7.13. The van der Waals surface area contributed by atoms with Crippen molar-refractivity contribution in [3.63, 3.8) is 0 Å². The standard InChI is InChI=1S/C15H19N3O3S/c1-9(2)14(15-16-10(3)18-21-15)17-13(20)7-6-11(19)12-5-4-8-22-12/h4-5,8-9,14H,6-7H2,1-3H3,(H,17,20)/t14-/m0/s1. The summed E-state index contributed by atoms with van der Waals surface area (Å²) in [5.41, 5.74) is 0. The van der Waals surface area contributed by atoms with E-state index in [2.05, 4.69) is 15.5 Å². The summed E-state index contributed by atoms with van der Waals surface area (Å²) in [7, 11) is 0. The van der Waals surface area contributed by atoms with Crippen LogP contribution in [-0.2, 0) is 4.79 Å². The van der Waals surface area contributed by atoms with E-state index in [9.17, 15) is 9.59 Å². The zero-order chi connectivity index (χ0) is 16.1. The number of aromatic nitrogens is 2. The number of rotatable bonds is 7. The molecular formula is C15H19N3O3S. The van der Waals surface area contributed by atoms with Crippen molar-refractivity contribution in [3.05, 3.63) is 34.1 Å². The summed E-state index contributed by atoms with van der Waals surface area (Å²) in [5, 5.41) is 8.45. The largest absolute Gasteiger partial charge is 0.344 e. The van der Waals surface area contributed by atoms with Gasteiger partial charge in [0.1, 0.15) is 6.04 Å². The number of hydrogen-bond donors (Lipinski definition) is 1. The normalized spacial score (nSPS) is 12.4. The van der Waals surface area contributed by atoms with Crippen molar-refractivity contribution in [2.45, 2.75) is 39.7 Å². The van der Waals surface area contributed by atoms with Crippen LogP contribution < -0.4 is 5.32 Å². The Kier molecular flexibility index (Phi) is 5.43. The van der Waals surface area contributed by atoms with Crippen molar-refractivity contribution in [2.75, 3.05) is 0 Å². The Bertz CT molecular complexity index is 634. The third kappa shape index (κ3) is 4.24. The van der Waals surface area contributed by atoms with Crippen LogP contribution in [0.15, 0.2) is 22.0 Å². The van der Waals surface area contributed by atoms with Gasteiger partial charge in [-0.2, -0.15) is 4.98 Å². The van der Waals surface area contributed by atoms with Crippen LogP contribution >= 0.6 is 11.3 Å². The molecule has 2 heterocycles. The summed E-state index contributed by atoms with van der Waals surface area (Å²) in [6.45, 7) is 5.65. The Morgan fingerprint density at radius 1 is 1.36 bits per heavy atom. The van der Waals surface area contributed by atoms with Crippen molar-refractivity contribution >= 4 is 23.0 Å². The summed E-state index contributed by atoms with van der Waals surface area (Å²) >= 11 is 1.39. The molecule has 2 rings (SSSR count). The van der Waals surface area contributed by atoms with Gasteiger partial charge in [-0.25, -0.2) is 0 Å². The lowest BCUT2D eigenvalue weighted by Crippen LogP contribution is -2.32. The number of hydrogen-bond acceptors (Lipinski definition) is 6. The second kappa shape index (κ2) is 7.31. The van der Waals surface area contributed by atoms with Crippen LogP contribution in [0.3, 0.4) is 0 Å². The van der Waals surface area contributed by atoms with Crippen molar-refractivity contribution in [1.82, 2.24) is 15.5 Å². The highest BCUT2D eigenvalue weighted by molar-refractivity contribution is 7.12. The Morgan fingerprint density at radius 2 is 2.14 bits per heavy atom. The van der Waals surface area contributed by atoms with Crippen molar-refractivity contribution in [3.8, 4) is 0 Å². The molecule has 0 fully saturated rings. The third-order valence-electron chi connectivity index (χ3n) is 3.17. The molecule has 7 heteroatoms. The van der Waals surface area contributed by atoms with Gasteiger partial charge in [0.2, 0.25) is 11.8 Å². The van der Waals surface area contributed by atoms with E-state index in [1.54, 1.807) is 13.0 Å². The van der Waals surface area contributed by atoms with E-state index in [4.69, 9.17) is 4.52 Å². The van der Waals surface area contributed by atoms with Crippen LogP contribution in [0.2, 0.25) is 0 Å². The van der Waals surface area contributed by atoms with Gasteiger partial charge in [-0.3, -0.25) is 9.59 Å². The van der Waals surface area contributed by atoms with Gasteiger partial charge in [0.15, 0.2) is 11.6 Å². The zero-order valence-corrected chi connectivity index (χ0v) is 13.6. The molecule has 1 N–H and O–H groups in total. The number of Topliss-reactive ketones (excluding diaryl/α,β-unsaturated/α-hetero) is 1. The van der Waals surface area contributed by atoms with E-state index in [0.717, 1.165) is 0 Å².